The summed E-state index contributed by atoms with van der Waals surface area (Å²) in [4.78, 5) is 0. The van der Waals surface area contributed by atoms with Crippen molar-refractivity contribution in [3.63, 3.8) is 0 Å². The molecule has 0 rings (SSSR count). The van der Waals surface area contributed by atoms with E-state index in [-0.39, 0.29) is 0 Å². The van der Waals surface area contributed by atoms with E-state index in [1.807, 2.05) is 7.05 Å². The number of hydrogen-bond donors (Lipinski definition) is 1. The van der Waals surface area contributed by atoms with Gasteiger partial charge < -0.3 is 5.32 Å². The molecule has 0 saturated carbocycles. The van der Waals surface area contributed by atoms with E-state index >= 15 is 0 Å². The normalized spacial score (nSPS) is 15.4. The number of hydrogen-bond acceptors (Lipinski definition) is 1. The Bertz CT molecular complexity index is 105. The standard InChI is InChI=1S/C9H19N/c1-5-7-9(6-2)8(3)10-4/h6,8,10H,5,7H2,1-4H3/b9-6+. The van der Waals surface area contributed by atoms with Gasteiger partial charge in [0, 0.05) is 6.04 Å². The van der Waals surface area contributed by atoms with Crippen molar-refractivity contribution < 1.29 is 0 Å². The molecule has 1 nitrogen and oxygen atoms in total. The molecule has 10 heavy (non-hydrogen) atoms. The molecule has 1 heteroatoms. The first kappa shape index (κ1) is 9.70. The van der Waals surface area contributed by atoms with E-state index in [2.05, 4.69) is 32.2 Å². The second-order valence-corrected chi connectivity index (χ2v) is 2.62. The summed E-state index contributed by atoms with van der Waals surface area (Å²) in [6, 6.07) is 0.546. The first-order chi connectivity index (χ1) is 4.76. The van der Waals surface area contributed by atoms with E-state index in [0.29, 0.717) is 6.04 Å². The largest absolute Gasteiger partial charge is 0.314 e. The van der Waals surface area contributed by atoms with E-state index in [9.17, 15) is 0 Å². The van der Waals surface area contributed by atoms with E-state index in [1.54, 1.807) is 0 Å². The number of likely N-dealkylation sites (N-methyl/N-ethyl adjacent to an activating group) is 1. The smallest absolute Gasteiger partial charge is 0.0248 e. The van der Waals surface area contributed by atoms with Gasteiger partial charge in [0.1, 0.15) is 0 Å². The second-order valence-electron chi connectivity index (χ2n) is 2.62. The molecule has 0 amide bonds. The minimum atomic E-state index is 0.546. The highest BCUT2D eigenvalue weighted by atomic mass is 14.9. The molecule has 1 atom stereocenters. The maximum absolute atomic E-state index is 3.23. The molecule has 0 aliphatic heterocycles. The van der Waals surface area contributed by atoms with Gasteiger partial charge in [-0.3, -0.25) is 0 Å². The maximum Gasteiger partial charge on any atom is 0.0248 e. The summed E-state index contributed by atoms with van der Waals surface area (Å²) in [5.41, 5.74) is 1.52. The van der Waals surface area contributed by atoms with Crippen LogP contribution in [0, 0.1) is 0 Å². The summed E-state index contributed by atoms with van der Waals surface area (Å²) in [5.74, 6) is 0. The Hall–Kier alpha value is -0.300. The third-order valence-electron chi connectivity index (χ3n) is 1.90. The van der Waals surface area contributed by atoms with Gasteiger partial charge in [-0.15, -0.1) is 0 Å². The lowest BCUT2D eigenvalue weighted by molar-refractivity contribution is 0.654. The van der Waals surface area contributed by atoms with Crippen LogP contribution in [-0.2, 0) is 0 Å². The Morgan fingerprint density at radius 3 is 2.50 bits per heavy atom. The average molecular weight is 141 g/mol. The average Bonchev–Trinajstić information content (AvgIpc) is 1.99. The zero-order valence-electron chi connectivity index (χ0n) is 7.57. The van der Waals surface area contributed by atoms with Gasteiger partial charge in [-0.1, -0.05) is 25.0 Å². The zero-order chi connectivity index (χ0) is 7.98. The van der Waals surface area contributed by atoms with Crippen LogP contribution in [-0.4, -0.2) is 13.1 Å². The van der Waals surface area contributed by atoms with Gasteiger partial charge in [0.15, 0.2) is 0 Å². The van der Waals surface area contributed by atoms with Crippen LogP contribution in [0.4, 0.5) is 0 Å². The lowest BCUT2D eigenvalue weighted by Crippen LogP contribution is -2.23. The Kier molecular flexibility index (Phi) is 5.32. The van der Waals surface area contributed by atoms with Gasteiger partial charge in [0.2, 0.25) is 0 Å². The van der Waals surface area contributed by atoms with Crippen LogP contribution < -0.4 is 5.32 Å². The summed E-state index contributed by atoms with van der Waals surface area (Å²) in [6.45, 7) is 6.52. The van der Waals surface area contributed by atoms with E-state index in [4.69, 9.17) is 0 Å². The van der Waals surface area contributed by atoms with Gasteiger partial charge in [-0.2, -0.15) is 0 Å². The summed E-state index contributed by atoms with van der Waals surface area (Å²) in [5, 5.41) is 3.23. The minimum Gasteiger partial charge on any atom is -0.314 e. The topological polar surface area (TPSA) is 12.0 Å². The lowest BCUT2D eigenvalue weighted by atomic mass is 10.0. The quantitative estimate of drug-likeness (QED) is 0.592. The number of rotatable bonds is 4. The number of allylic oxidation sites excluding steroid dienone is 1. The molecule has 1 N–H and O–H groups in total. The third kappa shape index (κ3) is 3.02. The molecule has 0 aliphatic rings. The van der Waals surface area contributed by atoms with Gasteiger partial charge in [-0.05, 0) is 27.3 Å². The minimum absolute atomic E-state index is 0.546. The molecule has 0 aliphatic carbocycles. The van der Waals surface area contributed by atoms with Crippen molar-refractivity contribution in [2.75, 3.05) is 7.05 Å². The molecular weight excluding hydrogens is 122 g/mol. The third-order valence-corrected chi connectivity index (χ3v) is 1.90. The van der Waals surface area contributed by atoms with E-state index < -0.39 is 0 Å². The van der Waals surface area contributed by atoms with E-state index in [1.165, 1.54) is 18.4 Å². The fourth-order valence-corrected chi connectivity index (χ4v) is 1.08. The first-order valence-electron chi connectivity index (χ1n) is 4.08. The maximum atomic E-state index is 3.23. The van der Waals surface area contributed by atoms with Gasteiger partial charge >= 0.3 is 0 Å². The highest BCUT2D eigenvalue weighted by molar-refractivity contribution is 5.07. The van der Waals surface area contributed by atoms with Crippen LogP contribution >= 0.6 is 0 Å². The molecule has 0 radical (unpaired) electrons. The second kappa shape index (κ2) is 5.48. The fourth-order valence-electron chi connectivity index (χ4n) is 1.08. The Morgan fingerprint density at radius 2 is 2.20 bits per heavy atom. The monoisotopic (exact) mass is 141 g/mol. The molecule has 0 aromatic rings. The predicted octanol–water partition coefficient (Wildman–Crippen LogP) is 2.34. The van der Waals surface area contributed by atoms with Crippen molar-refractivity contribution in [1.82, 2.24) is 5.32 Å². The highest BCUT2D eigenvalue weighted by Crippen LogP contribution is 2.08. The van der Waals surface area contributed by atoms with Gasteiger partial charge in [0.05, 0.1) is 0 Å². The molecule has 0 aromatic heterocycles. The van der Waals surface area contributed by atoms with Crippen molar-refractivity contribution in [1.29, 1.82) is 0 Å². The van der Waals surface area contributed by atoms with Crippen molar-refractivity contribution in [3.05, 3.63) is 11.6 Å². The summed E-state index contributed by atoms with van der Waals surface area (Å²) < 4.78 is 0. The SMILES string of the molecule is C/C=C(\CCC)C(C)NC. The highest BCUT2D eigenvalue weighted by Gasteiger charge is 2.02. The molecule has 60 valence electrons. The van der Waals surface area contributed by atoms with Gasteiger partial charge in [-0.25, -0.2) is 0 Å². The summed E-state index contributed by atoms with van der Waals surface area (Å²) >= 11 is 0. The Balaban J connectivity index is 3.82. The van der Waals surface area contributed by atoms with Crippen molar-refractivity contribution >= 4 is 0 Å². The molecule has 0 saturated heterocycles. The molecule has 0 spiro atoms. The molecule has 1 unspecified atom stereocenters. The predicted molar refractivity (Wildman–Crippen MR) is 47.2 cm³/mol. The van der Waals surface area contributed by atoms with Crippen molar-refractivity contribution in [2.24, 2.45) is 0 Å². The van der Waals surface area contributed by atoms with Crippen LogP contribution in [0.25, 0.3) is 0 Å². The molecule has 0 fully saturated rings. The van der Waals surface area contributed by atoms with Crippen LogP contribution in [0.2, 0.25) is 0 Å². The van der Waals surface area contributed by atoms with Crippen LogP contribution in [0.15, 0.2) is 11.6 Å². The van der Waals surface area contributed by atoms with Gasteiger partial charge in [0.25, 0.3) is 0 Å². The molecule has 0 bridgehead atoms. The first-order valence-corrected chi connectivity index (χ1v) is 4.08. The summed E-state index contributed by atoms with van der Waals surface area (Å²) in [7, 11) is 2.00. The van der Waals surface area contributed by atoms with E-state index in [0.717, 1.165) is 0 Å². The zero-order valence-corrected chi connectivity index (χ0v) is 7.57. The van der Waals surface area contributed by atoms with Crippen molar-refractivity contribution in [2.45, 2.75) is 39.7 Å². The molecular formula is C9H19N. The fraction of sp³-hybridized carbons (Fsp3) is 0.778. The molecule has 0 heterocycles. The summed E-state index contributed by atoms with van der Waals surface area (Å²) in [6.07, 6.45) is 4.68. The lowest BCUT2D eigenvalue weighted by Gasteiger charge is -2.13. The van der Waals surface area contributed by atoms with Crippen molar-refractivity contribution in [3.8, 4) is 0 Å². The molecule has 0 aromatic carbocycles. The Labute approximate surface area is 64.5 Å². The van der Waals surface area contributed by atoms with Crippen LogP contribution in [0.3, 0.4) is 0 Å². The Morgan fingerprint density at radius 1 is 1.60 bits per heavy atom. The number of nitrogens with one attached hydrogen (secondary N) is 1. The van der Waals surface area contributed by atoms with Crippen LogP contribution in [0.5, 0.6) is 0 Å². The van der Waals surface area contributed by atoms with Crippen LogP contribution in [0.1, 0.15) is 33.6 Å².